The van der Waals surface area contributed by atoms with E-state index in [2.05, 4.69) is 32.1 Å². The maximum Gasteiger partial charge on any atom is 0.0315 e. The molecule has 0 aromatic rings. The molecule has 0 nitrogen and oxygen atoms in total. The predicted molar refractivity (Wildman–Crippen MR) is 68.3 cm³/mol. The first kappa shape index (κ1) is 10.6. The lowest BCUT2D eigenvalue weighted by atomic mass is 9.98. The molecule has 1 aliphatic heterocycles. The minimum atomic E-state index is -0.888. The first-order valence-electron chi connectivity index (χ1n) is 5.40. The average molecular weight is 231 g/mol. The highest BCUT2D eigenvalue weighted by Gasteiger charge is 2.42. The van der Waals surface area contributed by atoms with Gasteiger partial charge >= 0.3 is 0 Å². The molecule has 0 aromatic carbocycles. The third-order valence-corrected chi connectivity index (χ3v) is 9.38. The van der Waals surface area contributed by atoms with Crippen LogP contribution < -0.4 is 0 Å². The van der Waals surface area contributed by atoms with Crippen molar-refractivity contribution in [3.05, 3.63) is 23.8 Å². The van der Waals surface area contributed by atoms with Crippen LogP contribution in [-0.2, 0) is 0 Å². The molecule has 0 saturated carbocycles. The molecule has 1 fully saturated rings. The van der Waals surface area contributed by atoms with Gasteiger partial charge in [-0.2, -0.15) is 9.24 Å². The van der Waals surface area contributed by atoms with E-state index in [0.717, 1.165) is 6.42 Å². The number of rotatable bonds is 1. The standard InChI is InChI=1S/C12H19ClS/c1-11-5-7-12(2,8-6-11)14(13)9-3-4-10-14/h5-7H,3-4,8-10H2,1-2H3. The summed E-state index contributed by atoms with van der Waals surface area (Å²) in [6, 6.07) is 0. The Kier molecular flexibility index (Phi) is 2.74. The molecule has 0 aromatic heterocycles. The van der Waals surface area contributed by atoms with Crippen LogP contribution >= 0.6 is 19.9 Å². The second kappa shape index (κ2) is 3.61. The molecule has 0 N–H and O–H groups in total. The summed E-state index contributed by atoms with van der Waals surface area (Å²) in [5, 5.41) is 0. The summed E-state index contributed by atoms with van der Waals surface area (Å²) in [4.78, 5) is 0. The maximum atomic E-state index is 6.84. The molecule has 2 aliphatic rings. The Hall–Kier alpha value is 0.120. The van der Waals surface area contributed by atoms with Gasteiger partial charge in [0.2, 0.25) is 0 Å². The summed E-state index contributed by atoms with van der Waals surface area (Å²) >= 11 is 0. The van der Waals surface area contributed by atoms with Crippen LogP contribution in [0.5, 0.6) is 0 Å². The van der Waals surface area contributed by atoms with E-state index >= 15 is 0 Å². The minimum absolute atomic E-state index is 0.268. The van der Waals surface area contributed by atoms with Crippen LogP contribution in [0.15, 0.2) is 23.8 Å². The first-order chi connectivity index (χ1) is 6.56. The van der Waals surface area contributed by atoms with Crippen molar-refractivity contribution in [2.75, 3.05) is 11.5 Å². The van der Waals surface area contributed by atoms with Crippen molar-refractivity contribution >= 4 is 19.9 Å². The molecule has 1 aliphatic carbocycles. The Morgan fingerprint density at radius 1 is 1.36 bits per heavy atom. The minimum Gasteiger partial charge on any atom is -0.154 e. The van der Waals surface area contributed by atoms with Crippen LogP contribution in [0.2, 0.25) is 0 Å². The number of hydrogen-bond donors (Lipinski definition) is 0. The smallest absolute Gasteiger partial charge is 0.0315 e. The van der Waals surface area contributed by atoms with Crippen molar-refractivity contribution in [3.63, 3.8) is 0 Å². The van der Waals surface area contributed by atoms with Crippen molar-refractivity contribution in [3.8, 4) is 0 Å². The van der Waals surface area contributed by atoms with Gasteiger partial charge in [-0.3, -0.25) is 0 Å². The van der Waals surface area contributed by atoms with Crippen molar-refractivity contribution < 1.29 is 0 Å². The molecule has 80 valence electrons. The van der Waals surface area contributed by atoms with Crippen molar-refractivity contribution in [1.29, 1.82) is 0 Å². The Morgan fingerprint density at radius 2 is 2.00 bits per heavy atom. The van der Waals surface area contributed by atoms with Gasteiger partial charge in [0.05, 0.1) is 0 Å². The van der Waals surface area contributed by atoms with Crippen LogP contribution in [0.3, 0.4) is 0 Å². The largest absolute Gasteiger partial charge is 0.154 e. The summed E-state index contributed by atoms with van der Waals surface area (Å²) < 4.78 is 0.268. The summed E-state index contributed by atoms with van der Waals surface area (Å²) in [6.07, 6.45) is 10.8. The van der Waals surface area contributed by atoms with E-state index in [-0.39, 0.29) is 4.75 Å². The van der Waals surface area contributed by atoms with E-state index in [0.29, 0.717) is 0 Å². The Balaban J connectivity index is 2.21. The SMILES string of the molecule is CC1=CCC(C)(S2(Cl)CCCC2)C=C1. The Morgan fingerprint density at radius 3 is 2.50 bits per heavy atom. The fourth-order valence-electron chi connectivity index (χ4n) is 2.31. The molecule has 2 heteroatoms. The number of halogens is 1. The second-order valence-electron chi connectivity index (χ2n) is 4.70. The zero-order valence-corrected chi connectivity index (χ0v) is 10.6. The van der Waals surface area contributed by atoms with Gasteiger partial charge in [-0.05, 0) is 44.6 Å². The molecular formula is C12H19ClS. The van der Waals surface area contributed by atoms with Gasteiger partial charge in [-0.15, -0.1) is 0 Å². The van der Waals surface area contributed by atoms with Crippen LogP contribution in [0.4, 0.5) is 0 Å². The van der Waals surface area contributed by atoms with Crippen molar-refractivity contribution in [2.45, 2.75) is 37.9 Å². The average Bonchev–Trinajstić information content (AvgIpc) is 2.60. The predicted octanol–water partition coefficient (Wildman–Crippen LogP) is 4.40. The van der Waals surface area contributed by atoms with Gasteiger partial charge in [0.1, 0.15) is 0 Å². The molecule has 1 unspecified atom stereocenters. The highest BCUT2D eigenvalue weighted by molar-refractivity contribution is 8.52. The Bertz CT molecular complexity index is 287. The molecule has 1 saturated heterocycles. The molecule has 2 rings (SSSR count). The van der Waals surface area contributed by atoms with E-state index in [1.54, 1.807) is 0 Å². The van der Waals surface area contributed by atoms with Crippen molar-refractivity contribution in [1.82, 2.24) is 0 Å². The summed E-state index contributed by atoms with van der Waals surface area (Å²) in [7, 11) is 5.95. The third kappa shape index (κ3) is 1.65. The van der Waals surface area contributed by atoms with Gasteiger partial charge in [0, 0.05) is 4.75 Å². The second-order valence-corrected chi connectivity index (χ2v) is 9.80. The molecule has 14 heavy (non-hydrogen) atoms. The quantitative estimate of drug-likeness (QED) is 0.626. The summed E-state index contributed by atoms with van der Waals surface area (Å²) in [6.45, 7) is 4.51. The third-order valence-electron chi connectivity index (χ3n) is 3.55. The van der Waals surface area contributed by atoms with Gasteiger partial charge in [0.25, 0.3) is 0 Å². The molecule has 0 bridgehead atoms. The normalized spacial score (nSPS) is 38.1. The molecule has 0 radical (unpaired) electrons. The van der Waals surface area contributed by atoms with Gasteiger partial charge < -0.3 is 0 Å². The zero-order valence-electron chi connectivity index (χ0n) is 9.05. The molecular weight excluding hydrogens is 212 g/mol. The lowest BCUT2D eigenvalue weighted by Crippen LogP contribution is -2.29. The highest BCUT2D eigenvalue weighted by Crippen LogP contribution is 2.69. The molecule has 1 atom stereocenters. The monoisotopic (exact) mass is 230 g/mol. The highest BCUT2D eigenvalue weighted by atomic mass is 35.7. The molecule has 1 heterocycles. The van der Waals surface area contributed by atoms with Crippen molar-refractivity contribution in [2.24, 2.45) is 0 Å². The fourth-order valence-corrected chi connectivity index (χ4v) is 6.46. The van der Waals surface area contributed by atoms with E-state index in [9.17, 15) is 0 Å². The van der Waals surface area contributed by atoms with E-state index in [1.807, 2.05) is 0 Å². The van der Waals surface area contributed by atoms with Crippen LogP contribution in [-0.4, -0.2) is 16.3 Å². The summed E-state index contributed by atoms with van der Waals surface area (Å²) in [5.41, 5.74) is 1.39. The Labute approximate surface area is 93.2 Å². The van der Waals surface area contributed by atoms with Gasteiger partial charge in [-0.1, -0.05) is 34.5 Å². The number of hydrogen-bond acceptors (Lipinski definition) is 0. The maximum absolute atomic E-state index is 6.84. The van der Waals surface area contributed by atoms with Gasteiger partial charge in [-0.25, -0.2) is 0 Å². The van der Waals surface area contributed by atoms with Crippen LogP contribution in [0, 0.1) is 0 Å². The lowest BCUT2D eigenvalue weighted by Gasteiger charge is -2.45. The zero-order chi connectivity index (χ0) is 10.2. The number of allylic oxidation sites excluding steroid dienone is 3. The molecule has 0 spiro atoms. The van der Waals surface area contributed by atoms with E-state index in [1.165, 1.54) is 29.9 Å². The van der Waals surface area contributed by atoms with Crippen LogP contribution in [0.25, 0.3) is 0 Å². The van der Waals surface area contributed by atoms with E-state index < -0.39 is 9.24 Å². The first-order valence-corrected chi connectivity index (χ1v) is 8.19. The molecule has 0 amide bonds. The van der Waals surface area contributed by atoms with Gasteiger partial charge in [0.15, 0.2) is 0 Å². The lowest BCUT2D eigenvalue weighted by molar-refractivity contribution is 0.781. The summed E-state index contributed by atoms with van der Waals surface area (Å²) in [5.74, 6) is 2.53. The van der Waals surface area contributed by atoms with E-state index in [4.69, 9.17) is 10.7 Å². The topological polar surface area (TPSA) is 0 Å². The van der Waals surface area contributed by atoms with Crippen LogP contribution in [0.1, 0.15) is 33.1 Å². The fraction of sp³-hybridized carbons (Fsp3) is 0.667.